The van der Waals surface area contributed by atoms with Gasteiger partial charge in [-0.1, -0.05) is 41.0 Å². The van der Waals surface area contributed by atoms with Gasteiger partial charge in [-0.15, -0.1) is 0 Å². The van der Waals surface area contributed by atoms with Crippen LogP contribution in [0.4, 0.5) is 11.4 Å². The highest BCUT2D eigenvalue weighted by Crippen LogP contribution is 2.26. The number of aromatic hydroxyl groups is 1. The molecule has 0 fully saturated rings. The average molecular weight is 507 g/mol. The summed E-state index contributed by atoms with van der Waals surface area (Å²) in [7, 11) is 2.63. The molecule has 1 heterocycles. The minimum absolute atomic E-state index is 0.0731. The number of benzene rings is 2. The van der Waals surface area contributed by atoms with Crippen LogP contribution in [0.5, 0.6) is 5.88 Å². The van der Waals surface area contributed by atoms with Gasteiger partial charge in [-0.05, 0) is 48.9 Å². The molecule has 3 rings (SSSR count). The topological polar surface area (TPSA) is 106 Å². The van der Waals surface area contributed by atoms with Crippen LogP contribution in [0.15, 0.2) is 57.0 Å². The lowest BCUT2D eigenvalue weighted by Gasteiger charge is -2.13. The second-order valence-corrected chi connectivity index (χ2v) is 8.85. The summed E-state index contributed by atoms with van der Waals surface area (Å²) in [6, 6.07) is 11.7. The van der Waals surface area contributed by atoms with Gasteiger partial charge in [-0.2, -0.15) is 0 Å². The molecule has 0 saturated heterocycles. The third-order valence-corrected chi connectivity index (χ3v) is 6.42. The van der Waals surface area contributed by atoms with Gasteiger partial charge in [-0.25, -0.2) is 9.79 Å². The molecule has 0 radical (unpaired) electrons. The lowest BCUT2D eigenvalue weighted by Crippen LogP contribution is -2.39. The Labute approximate surface area is 203 Å². The van der Waals surface area contributed by atoms with E-state index in [4.69, 9.17) is 23.2 Å². The smallest absolute Gasteiger partial charge is 0.333 e. The van der Waals surface area contributed by atoms with Crippen molar-refractivity contribution in [2.75, 3.05) is 11.1 Å². The number of hydrogen-bond donors (Lipinski definition) is 2. The van der Waals surface area contributed by atoms with Crippen molar-refractivity contribution in [1.29, 1.82) is 0 Å². The van der Waals surface area contributed by atoms with Gasteiger partial charge in [0, 0.05) is 29.8 Å². The number of aliphatic imine (C=N–C) groups is 1. The summed E-state index contributed by atoms with van der Waals surface area (Å²) in [5.74, 6) is -1.03. The number of carbonyl (C=O) groups excluding carboxylic acids is 1. The molecular formula is C22H20Cl2N4O4S. The number of aromatic nitrogens is 2. The number of halogens is 2. The fourth-order valence-corrected chi connectivity index (χ4v) is 4.01. The fourth-order valence-electron chi connectivity index (χ4n) is 2.88. The van der Waals surface area contributed by atoms with E-state index in [0.29, 0.717) is 21.4 Å². The second-order valence-electron chi connectivity index (χ2n) is 7.05. The van der Waals surface area contributed by atoms with Crippen LogP contribution in [0.3, 0.4) is 0 Å². The van der Waals surface area contributed by atoms with Crippen LogP contribution >= 0.6 is 35.0 Å². The second kappa shape index (κ2) is 10.3. The highest BCUT2D eigenvalue weighted by atomic mass is 35.5. The van der Waals surface area contributed by atoms with E-state index in [1.165, 1.54) is 14.1 Å². The van der Waals surface area contributed by atoms with E-state index in [1.807, 2.05) is 0 Å². The van der Waals surface area contributed by atoms with Crippen LogP contribution in [0, 0.1) is 6.92 Å². The number of carbonyl (C=O) groups is 1. The summed E-state index contributed by atoms with van der Waals surface area (Å²) in [6.45, 7) is 1.78. The normalized spacial score (nSPS) is 11.5. The van der Waals surface area contributed by atoms with E-state index in [-0.39, 0.29) is 22.3 Å². The molecular weight excluding hydrogens is 487 g/mol. The van der Waals surface area contributed by atoms with Crippen LogP contribution in [0.2, 0.25) is 10.0 Å². The molecule has 0 aliphatic heterocycles. The monoisotopic (exact) mass is 506 g/mol. The molecule has 3 aromatic rings. The zero-order valence-corrected chi connectivity index (χ0v) is 20.3. The summed E-state index contributed by atoms with van der Waals surface area (Å²) < 4.78 is 1.80. The number of anilines is 1. The molecule has 11 heteroatoms. The lowest BCUT2D eigenvalue weighted by molar-refractivity contribution is -0.113. The first-order chi connectivity index (χ1) is 15.6. The average Bonchev–Trinajstić information content (AvgIpc) is 2.79. The molecule has 0 unspecified atom stereocenters. The molecule has 1 amide bonds. The van der Waals surface area contributed by atoms with E-state index in [0.717, 1.165) is 26.5 Å². The van der Waals surface area contributed by atoms with Crippen molar-refractivity contribution in [3.05, 3.63) is 84.5 Å². The standard InChI is InChI=1S/C22H20Cl2N4O4S/c1-12-15(24)5-4-6-16(12)26-17(29)11-33-19(25-14-9-7-13(23)8-10-14)18-20(30)27(2)22(32)28(3)21(18)31/h4-10,30H,11H2,1-3H3,(H,26,29). The van der Waals surface area contributed by atoms with Crippen LogP contribution < -0.4 is 16.6 Å². The van der Waals surface area contributed by atoms with E-state index in [2.05, 4.69) is 10.3 Å². The van der Waals surface area contributed by atoms with E-state index < -0.39 is 17.1 Å². The van der Waals surface area contributed by atoms with E-state index in [1.54, 1.807) is 49.4 Å². The lowest BCUT2D eigenvalue weighted by atomic mass is 10.2. The van der Waals surface area contributed by atoms with Gasteiger partial charge in [0.25, 0.3) is 5.56 Å². The largest absolute Gasteiger partial charge is 0.494 e. The summed E-state index contributed by atoms with van der Waals surface area (Å²) in [4.78, 5) is 42.0. The predicted octanol–water partition coefficient (Wildman–Crippen LogP) is 3.86. The summed E-state index contributed by atoms with van der Waals surface area (Å²) in [5.41, 5.74) is 0.116. The molecule has 0 bridgehead atoms. The first kappa shape index (κ1) is 24.6. The SMILES string of the molecule is Cc1c(Cl)cccc1NC(=O)CSC(=Nc1ccc(Cl)cc1)c1c(O)n(C)c(=O)n(C)c1=O. The van der Waals surface area contributed by atoms with Crippen molar-refractivity contribution < 1.29 is 9.90 Å². The molecule has 172 valence electrons. The Morgan fingerprint density at radius 1 is 1.09 bits per heavy atom. The first-order valence-corrected chi connectivity index (χ1v) is 11.4. The van der Waals surface area contributed by atoms with Crippen molar-refractivity contribution in [2.45, 2.75) is 6.92 Å². The van der Waals surface area contributed by atoms with Crippen LogP contribution in [-0.4, -0.2) is 30.9 Å². The Morgan fingerprint density at radius 2 is 1.76 bits per heavy atom. The number of nitrogens with zero attached hydrogens (tertiary/aromatic N) is 3. The number of rotatable bonds is 5. The fraction of sp³-hybridized carbons (Fsp3) is 0.182. The minimum atomic E-state index is -0.734. The molecule has 1 aromatic heterocycles. The summed E-state index contributed by atoms with van der Waals surface area (Å²) >= 11 is 13.0. The van der Waals surface area contributed by atoms with Crippen molar-refractivity contribution in [3.8, 4) is 5.88 Å². The molecule has 2 N–H and O–H groups in total. The van der Waals surface area contributed by atoms with Crippen molar-refractivity contribution in [2.24, 2.45) is 19.1 Å². The first-order valence-electron chi connectivity index (χ1n) is 9.61. The Kier molecular flexibility index (Phi) is 7.68. The zero-order chi connectivity index (χ0) is 24.3. The molecule has 0 atom stereocenters. The van der Waals surface area contributed by atoms with Crippen LogP contribution in [0.25, 0.3) is 0 Å². The molecule has 8 nitrogen and oxygen atoms in total. The highest BCUT2D eigenvalue weighted by Gasteiger charge is 2.22. The van der Waals surface area contributed by atoms with Crippen LogP contribution in [-0.2, 0) is 18.9 Å². The Morgan fingerprint density at radius 3 is 2.42 bits per heavy atom. The molecule has 0 saturated carbocycles. The van der Waals surface area contributed by atoms with Gasteiger partial charge in [0.15, 0.2) is 0 Å². The molecule has 2 aromatic carbocycles. The quantitative estimate of drug-likeness (QED) is 0.403. The maximum absolute atomic E-state index is 12.8. The zero-order valence-electron chi connectivity index (χ0n) is 17.9. The Hall–Kier alpha value is -3.01. The van der Waals surface area contributed by atoms with Crippen molar-refractivity contribution >= 4 is 57.3 Å². The third-order valence-electron chi connectivity index (χ3n) is 4.79. The van der Waals surface area contributed by atoms with Gasteiger partial charge in [0.2, 0.25) is 11.8 Å². The summed E-state index contributed by atoms with van der Waals surface area (Å²) in [6.07, 6.45) is 0. The van der Waals surface area contributed by atoms with E-state index >= 15 is 0 Å². The van der Waals surface area contributed by atoms with Gasteiger partial charge in [-0.3, -0.25) is 18.7 Å². The molecule has 33 heavy (non-hydrogen) atoms. The van der Waals surface area contributed by atoms with Gasteiger partial charge in [0.1, 0.15) is 10.6 Å². The molecule has 0 aliphatic carbocycles. The van der Waals surface area contributed by atoms with Crippen molar-refractivity contribution in [3.63, 3.8) is 0 Å². The maximum Gasteiger partial charge on any atom is 0.333 e. The number of nitrogens with one attached hydrogen (secondary N) is 1. The van der Waals surface area contributed by atoms with Gasteiger partial charge >= 0.3 is 5.69 Å². The maximum atomic E-state index is 12.8. The molecule has 0 aliphatic rings. The molecule has 0 spiro atoms. The van der Waals surface area contributed by atoms with Gasteiger partial charge in [0.05, 0.1) is 11.4 Å². The van der Waals surface area contributed by atoms with Crippen molar-refractivity contribution in [1.82, 2.24) is 9.13 Å². The Bertz CT molecular complexity index is 1360. The highest BCUT2D eigenvalue weighted by molar-refractivity contribution is 8.15. The van der Waals surface area contributed by atoms with Gasteiger partial charge < -0.3 is 10.4 Å². The van der Waals surface area contributed by atoms with E-state index in [9.17, 15) is 19.5 Å². The van der Waals surface area contributed by atoms with Crippen LogP contribution in [0.1, 0.15) is 11.1 Å². The Balaban J connectivity index is 1.98. The third kappa shape index (κ3) is 5.50. The number of amides is 1. The summed E-state index contributed by atoms with van der Waals surface area (Å²) in [5, 5.41) is 14.4. The minimum Gasteiger partial charge on any atom is -0.494 e. The predicted molar refractivity (Wildman–Crippen MR) is 134 cm³/mol. The number of thioether (sulfide) groups is 1. The number of hydrogen-bond acceptors (Lipinski definition) is 6.